The van der Waals surface area contributed by atoms with E-state index < -0.39 is 0 Å². The second kappa shape index (κ2) is 8.11. The number of halogens is 1. The molecule has 1 heterocycles. The van der Waals surface area contributed by atoms with Crippen molar-refractivity contribution in [2.75, 3.05) is 26.7 Å². The fourth-order valence-corrected chi connectivity index (χ4v) is 2.58. The van der Waals surface area contributed by atoms with E-state index in [4.69, 9.17) is 4.74 Å². The van der Waals surface area contributed by atoms with Crippen molar-refractivity contribution in [3.8, 4) is 5.88 Å². The Morgan fingerprint density at radius 1 is 1.48 bits per heavy atom. The largest absolute Gasteiger partial charge is 0.476 e. The Labute approximate surface area is 136 Å². The fourth-order valence-electron chi connectivity index (χ4n) is 2.20. The molecule has 1 aliphatic carbocycles. The third-order valence-corrected chi connectivity index (χ3v) is 4.05. The maximum Gasteiger partial charge on any atom is 0.217 e. The van der Waals surface area contributed by atoms with E-state index >= 15 is 0 Å². The highest BCUT2D eigenvalue weighted by Gasteiger charge is 2.25. The molecule has 1 saturated carbocycles. The van der Waals surface area contributed by atoms with Gasteiger partial charge >= 0.3 is 0 Å². The second-order valence-corrected chi connectivity index (χ2v) is 7.12. The van der Waals surface area contributed by atoms with Crippen LogP contribution in [0.4, 0.5) is 0 Å². The van der Waals surface area contributed by atoms with Crippen LogP contribution in [-0.2, 0) is 6.54 Å². The van der Waals surface area contributed by atoms with Crippen LogP contribution >= 0.6 is 15.9 Å². The second-order valence-electron chi connectivity index (χ2n) is 6.20. The summed E-state index contributed by atoms with van der Waals surface area (Å²) in [5.41, 5.74) is 1.11. The highest BCUT2D eigenvalue weighted by atomic mass is 79.9. The number of nitrogens with zero attached hydrogens (tertiary/aromatic N) is 2. The highest BCUT2D eigenvalue weighted by molar-refractivity contribution is 9.10. The lowest BCUT2D eigenvalue weighted by molar-refractivity contribution is 0.224. The third-order valence-electron chi connectivity index (χ3n) is 3.61. The van der Waals surface area contributed by atoms with Gasteiger partial charge in [-0.15, -0.1) is 0 Å². The molecule has 1 fully saturated rings. The van der Waals surface area contributed by atoms with E-state index in [-0.39, 0.29) is 0 Å². The number of likely N-dealkylation sites (N-methyl/N-ethyl adjacent to an activating group) is 1. The lowest BCUT2D eigenvalue weighted by atomic mass is 10.2. The Bertz CT molecular complexity index is 449. The quantitative estimate of drug-likeness (QED) is 0.738. The summed E-state index contributed by atoms with van der Waals surface area (Å²) in [6.45, 7) is 7.85. The first kappa shape index (κ1) is 16.7. The summed E-state index contributed by atoms with van der Waals surface area (Å²) in [6.07, 6.45) is 4.46. The molecule has 1 N–H and O–H groups in total. The molecule has 0 unspecified atom stereocenters. The van der Waals surface area contributed by atoms with E-state index in [1.807, 2.05) is 0 Å². The van der Waals surface area contributed by atoms with Gasteiger partial charge in [0.1, 0.15) is 6.61 Å². The molecule has 118 valence electrons. The number of pyridine rings is 1. The van der Waals surface area contributed by atoms with Crippen LogP contribution in [0.3, 0.4) is 0 Å². The summed E-state index contributed by atoms with van der Waals surface area (Å²) >= 11 is 3.48. The van der Waals surface area contributed by atoms with E-state index in [2.05, 4.69) is 58.1 Å². The topological polar surface area (TPSA) is 37.4 Å². The van der Waals surface area contributed by atoms with Crippen LogP contribution < -0.4 is 10.1 Å². The van der Waals surface area contributed by atoms with Gasteiger partial charge in [0, 0.05) is 35.4 Å². The Morgan fingerprint density at radius 3 is 2.90 bits per heavy atom. The number of ether oxygens (including phenoxy) is 1. The molecule has 4 nitrogen and oxygen atoms in total. The van der Waals surface area contributed by atoms with E-state index in [1.165, 1.54) is 12.8 Å². The molecular formula is C16H26BrN3O. The molecule has 2 rings (SSSR count). The Balaban J connectivity index is 1.84. The van der Waals surface area contributed by atoms with Gasteiger partial charge in [-0.2, -0.15) is 0 Å². The van der Waals surface area contributed by atoms with Gasteiger partial charge in [-0.3, -0.25) is 0 Å². The van der Waals surface area contributed by atoms with Crippen LogP contribution in [0.15, 0.2) is 16.7 Å². The van der Waals surface area contributed by atoms with Gasteiger partial charge in [-0.25, -0.2) is 4.98 Å². The molecule has 0 amide bonds. The number of hydrogen-bond donors (Lipinski definition) is 1. The average molecular weight is 356 g/mol. The van der Waals surface area contributed by atoms with Crippen molar-refractivity contribution in [3.63, 3.8) is 0 Å². The van der Waals surface area contributed by atoms with Crippen molar-refractivity contribution in [1.29, 1.82) is 0 Å². The molecule has 0 atom stereocenters. The SMILES string of the molecule is CC(C)CNCc1cc(Br)cnc1OCCN(C)C1CC1. The minimum Gasteiger partial charge on any atom is -0.476 e. The van der Waals surface area contributed by atoms with Crippen molar-refractivity contribution in [2.24, 2.45) is 5.92 Å². The molecule has 0 aromatic carbocycles. The standard InChI is InChI=1S/C16H26BrN3O/c1-12(2)9-18-10-13-8-14(17)11-19-16(13)21-7-6-20(3)15-4-5-15/h8,11-12,15,18H,4-7,9-10H2,1-3H3. The molecule has 0 spiro atoms. The lowest BCUT2D eigenvalue weighted by Gasteiger charge is -2.17. The summed E-state index contributed by atoms with van der Waals surface area (Å²) < 4.78 is 6.88. The highest BCUT2D eigenvalue weighted by Crippen LogP contribution is 2.25. The molecular weight excluding hydrogens is 330 g/mol. The maximum absolute atomic E-state index is 5.88. The van der Waals surface area contributed by atoms with Crippen molar-refractivity contribution >= 4 is 15.9 Å². The van der Waals surface area contributed by atoms with E-state index in [1.54, 1.807) is 6.20 Å². The molecule has 0 bridgehead atoms. The van der Waals surface area contributed by atoms with Gasteiger partial charge < -0.3 is 15.0 Å². The minimum absolute atomic E-state index is 0.640. The lowest BCUT2D eigenvalue weighted by Crippen LogP contribution is -2.26. The number of rotatable bonds is 9. The average Bonchev–Trinajstić information content (AvgIpc) is 3.25. The van der Waals surface area contributed by atoms with Gasteiger partial charge in [-0.05, 0) is 54.3 Å². The summed E-state index contributed by atoms with van der Waals surface area (Å²) in [6, 6.07) is 2.86. The number of aromatic nitrogens is 1. The molecule has 0 aliphatic heterocycles. The van der Waals surface area contributed by atoms with Crippen LogP contribution in [0.5, 0.6) is 5.88 Å². The van der Waals surface area contributed by atoms with Gasteiger partial charge in [0.15, 0.2) is 0 Å². The number of hydrogen-bond acceptors (Lipinski definition) is 4. The zero-order chi connectivity index (χ0) is 15.2. The predicted molar refractivity (Wildman–Crippen MR) is 89.6 cm³/mol. The minimum atomic E-state index is 0.640. The van der Waals surface area contributed by atoms with Crippen LogP contribution in [0.2, 0.25) is 0 Å². The van der Waals surface area contributed by atoms with Crippen LogP contribution in [-0.4, -0.2) is 42.7 Å². The Morgan fingerprint density at radius 2 is 2.24 bits per heavy atom. The normalized spacial score (nSPS) is 15.0. The molecule has 0 radical (unpaired) electrons. The van der Waals surface area contributed by atoms with Gasteiger partial charge in [0.25, 0.3) is 0 Å². The number of nitrogens with one attached hydrogen (secondary N) is 1. The molecule has 1 aromatic heterocycles. The molecule has 0 saturated heterocycles. The molecule has 5 heteroatoms. The van der Waals surface area contributed by atoms with Crippen LogP contribution in [0.25, 0.3) is 0 Å². The van der Waals surface area contributed by atoms with Gasteiger partial charge in [0.2, 0.25) is 5.88 Å². The van der Waals surface area contributed by atoms with Crippen molar-refractivity contribution in [3.05, 3.63) is 22.3 Å². The summed E-state index contributed by atoms with van der Waals surface area (Å²) in [5.74, 6) is 1.39. The molecule has 1 aliphatic rings. The fraction of sp³-hybridized carbons (Fsp3) is 0.688. The zero-order valence-electron chi connectivity index (χ0n) is 13.2. The van der Waals surface area contributed by atoms with E-state index in [9.17, 15) is 0 Å². The molecule has 1 aromatic rings. The first-order chi connectivity index (χ1) is 10.1. The summed E-state index contributed by atoms with van der Waals surface area (Å²) in [5, 5.41) is 3.44. The summed E-state index contributed by atoms with van der Waals surface area (Å²) in [7, 11) is 2.17. The van der Waals surface area contributed by atoms with E-state index in [0.29, 0.717) is 12.5 Å². The monoisotopic (exact) mass is 355 g/mol. The predicted octanol–water partition coefficient (Wildman–Crippen LogP) is 3.06. The maximum atomic E-state index is 5.88. The zero-order valence-corrected chi connectivity index (χ0v) is 14.8. The van der Waals surface area contributed by atoms with Crippen molar-refractivity contribution < 1.29 is 4.74 Å². The third kappa shape index (κ3) is 5.93. The van der Waals surface area contributed by atoms with Gasteiger partial charge in [0.05, 0.1) is 0 Å². The first-order valence-corrected chi connectivity index (χ1v) is 8.53. The van der Waals surface area contributed by atoms with Crippen molar-refractivity contribution in [1.82, 2.24) is 15.2 Å². The Kier molecular flexibility index (Phi) is 6.45. The Hall–Kier alpha value is -0.650. The van der Waals surface area contributed by atoms with Gasteiger partial charge in [-0.1, -0.05) is 13.8 Å². The summed E-state index contributed by atoms with van der Waals surface area (Å²) in [4.78, 5) is 6.78. The smallest absolute Gasteiger partial charge is 0.217 e. The first-order valence-electron chi connectivity index (χ1n) is 7.74. The van der Waals surface area contributed by atoms with Crippen LogP contribution in [0.1, 0.15) is 32.3 Å². The molecule has 21 heavy (non-hydrogen) atoms. The van der Waals surface area contributed by atoms with Crippen LogP contribution in [0, 0.1) is 5.92 Å². The van der Waals surface area contributed by atoms with E-state index in [0.717, 1.165) is 41.6 Å². The van der Waals surface area contributed by atoms with Crippen molar-refractivity contribution in [2.45, 2.75) is 39.3 Å².